The van der Waals surface area contributed by atoms with Crippen molar-refractivity contribution < 1.29 is 18.3 Å². The number of hydrogen-bond donors (Lipinski definition) is 2. The number of rotatable bonds is 5. The minimum atomic E-state index is -3.77. The van der Waals surface area contributed by atoms with Crippen LogP contribution in [0.3, 0.4) is 0 Å². The van der Waals surface area contributed by atoms with Crippen LogP contribution < -0.4 is 4.31 Å². The summed E-state index contributed by atoms with van der Waals surface area (Å²) in [6, 6.07) is 9.89. The van der Waals surface area contributed by atoms with Gasteiger partial charge in [-0.15, -0.1) is 10.2 Å². The molecule has 152 valence electrons. The van der Waals surface area contributed by atoms with Crippen LogP contribution in [0.5, 0.6) is 5.88 Å². The van der Waals surface area contributed by atoms with Gasteiger partial charge in [0, 0.05) is 14.9 Å². The number of nitrogens with zero attached hydrogens (tertiary/aromatic N) is 3. The molecule has 1 aromatic heterocycles. The minimum Gasteiger partial charge on any atom is -0.493 e. The Morgan fingerprint density at radius 1 is 1.28 bits per heavy atom. The number of carbonyl (C=O) groups is 1. The van der Waals surface area contributed by atoms with Crippen LogP contribution in [0.15, 0.2) is 51.1 Å². The molecule has 11 heteroatoms. The second-order valence-corrected chi connectivity index (χ2v) is 9.54. The number of H-pyrrole nitrogens is 1. The van der Waals surface area contributed by atoms with E-state index in [0.29, 0.717) is 15.9 Å². The van der Waals surface area contributed by atoms with Gasteiger partial charge in [-0.05, 0) is 42.8 Å². The number of carbonyl (C=O) groups excluding carboxylic acids is 1. The predicted molar refractivity (Wildman–Crippen MR) is 116 cm³/mol. The van der Waals surface area contributed by atoms with Crippen LogP contribution in [0.25, 0.3) is 10.9 Å². The number of benzene rings is 2. The molecule has 2 N–H and O–H groups in total. The summed E-state index contributed by atoms with van der Waals surface area (Å²) < 4.78 is 26.0. The van der Waals surface area contributed by atoms with Gasteiger partial charge in [0.15, 0.2) is 5.69 Å². The Morgan fingerprint density at radius 3 is 2.66 bits per heavy atom. The number of aryl methyl sites for hydroxylation is 1. The molecule has 0 fully saturated rings. The maximum absolute atomic E-state index is 12.3. The van der Waals surface area contributed by atoms with E-state index >= 15 is 0 Å². The number of anilines is 1. The van der Waals surface area contributed by atoms with Crippen molar-refractivity contribution in [2.24, 2.45) is 10.2 Å². The van der Waals surface area contributed by atoms with E-state index in [9.17, 15) is 18.3 Å². The fourth-order valence-electron chi connectivity index (χ4n) is 2.63. The maximum Gasteiger partial charge on any atom is 0.285 e. The molecule has 0 radical (unpaired) electrons. The van der Waals surface area contributed by atoms with Gasteiger partial charge in [0.25, 0.3) is 5.91 Å². The summed E-state index contributed by atoms with van der Waals surface area (Å²) in [5.41, 5.74) is 1.71. The largest absolute Gasteiger partial charge is 0.493 e. The van der Waals surface area contributed by atoms with E-state index in [0.717, 1.165) is 20.6 Å². The van der Waals surface area contributed by atoms with Crippen LogP contribution in [0.4, 0.5) is 11.4 Å². The summed E-state index contributed by atoms with van der Waals surface area (Å²) in [7, 11) is -3.77. The highest BCUT2D eigenvalue weighted by atomic mass is 79.9. The highest BCUT2D eigenvalue weighted by Crippen LogP contribution is 2.36. The van der Waals surface area contributed by atoms with Crippen molar-refractivity contribution in [3.63, 3.8) is 0 Å². The highest BCUT2D eigenvalue weighted by Gasteiger charge is 2.22. The van der Waals surface area contributed by atoms with Gasteiger partial charge in [-0.25, -0.2) is 8.42 Å². The van der Waals surface area contributed by atoms with E-state index in [2.05, 4.69) is 31.1 Å². The molecule has 0 bridgehead atoms. The number of fused-ring (bicyclic) bond motifs is 1. The van der Waals surface area contributed by atoms with Crippen LogP contribution in [-0.4, -0.2) is 37.2 Å². The summed E-state index contributed by atoms with van der Waals surface area (Å²) in [5, 5.41) is 18.4. The van der Waals surface area contributed by atoms with E-state index in [-0.39, 0.29) is 17.3 Å². The van der Waals surface area contributed by atoms with Crippen molar-refractivity contribution in [2.45, 2.75) is 6.92 Å². The molecule has 0 aliphatic heterocycles. The fraction of sp³-hybridized carbons (Fsp3) is 0.167. The standard InChI is InChI=1S/C18H16BrClN4O4S/c1-10-3-5-12(8-14(10)20)24(29(2,27)28)9-16(25)22-23-17-13-7-11(19)4-6-15(13)21-18(17)26/h3-8,21,26H,9H2,1-2H3. The lowest BCUT2D eigenvalue weighted by Gasteiger charge is -2.21. The average molecular weight is 500 g/mol. The second kappa shape index (κ2) is 8.13. The monoisotopic (exact) mass is 498 g/mol. The maximum atomic E-state index is 12.3. The summed E-state index contributed by atoms with van der Waals surface area (Å²) >= 11 is 9.40. The number of azo groups is 1. The molecule has 1 heterocycles. The molecule has 2 aromatic carbocycles. The lowest BCUT2D eigenvalue weighted by molar-refractivity contribution is -0.116. The molecule has 0 aliphatic carbocycles. The molecule has 1 amide bonds. The normalized spacial score (nSPS) is 12.0. The number of nitrogens with one attached hydrogen (secondary N) is 1. The van der Waals surface area contributed by atoms with E-state index in [1.807, 2.05) is 0 Å². The third-order valence-corrected chi connectivity index (χ3v) is 6.14. The Labute approximate surface area is 180 Å². The first-order valence-electron chi connectivity index (χ1n) is 8.25. The SMILES string of the molecule is Cc1ccc(N(CC(=O)N=Nc2c(O)[nH]c3ccc(Br)cc23)S(C)(=O)=O)cc1Cl. The third kappa shape index (κ3) is 4.77. The number of hydrogen-bond acceptors (Lipinski definition) is 5. The van der Waals surface area contributed by atoms with Gasteiger partial charge in [-0.1, -0.05) is 33.6 Å². The molecule has 0 unspecified atom stereocenters. The van der Waals surface area contributed by atoms with E-state index in [4.69, 9.17) is 11.6 Å². The molecule has 0 saturated heterocycles. The quantitative estimate of drug-likeness (QED) is 0.496. The Balaban J connectivity index is 1.89. The van der Waals surface area contributed by atoms with Gasteiger partial charge in [0.2, 0.25) is 15.9 Å². The first-order chi connectivity index (χ1) is 13.6. The number of aromatic nitrogens is 1. The molecule has 29 heavy (non-hydrogen) atoms. The molecular weight excluding hydrogens is 484 g/mol. The Kier molecular flexibility index (Phi) is 5.97. The van der Waals surface area contributed by atoms with Gasteiger partial charge < -0.3 is 10.1 Å². The van der Waals surface area contributed by atoms with Crippen molar-refractivity contribution in [3.05, 3.63) is 51.5 Å². The zero-order valence-electron chi connectivity index (χ0n) is 15.3. The van der Waals surface area contributed by atoms with Crippen LogP contribution in [0.1, 0.15) is 5.56 Å². The second-order valence-electron chi connectivity index (χ2n) is 6.31. The van der Waals surface area contributed by atoms with E-state index < -0.39 is 22.5 Å². The number of aromatic hydroxyl groups is 1. The Morgan fingerprint density at radius 2 is 2.00 bits per heavy atom. The highest BCUT2D eigenvalue weighted by molar-refractivity contribution is 9.10. The van der Waals surface area contributed by atoms with Crippen molar-refractivity contribution in [3.8, 4) is 5.88 Å². The summed E-state index contributed by atoms with van der Waals surface area (Å²) in [5.74, 6) is -1.06. The zero-order valence-corrected chi connectivity index (χ0v) is 18.5. The molecule has 0 spiro atoms. The van der Waals surface area contributed by atoms with E-state index in [1.165, 1.54) is 6.07 Å². The summed E-state index contributed by atoms with van der Waals surface area (Å²) in [6.45, 7) is 1.22. The van der Waals surface area contributed by atoms with Crippen molar-refractivity contribution >= 4 is 65.7 Å². The number of aromatic amines is 1. The Hall–Kier alpha value is -2.43. The molecule has 3 aromatic rings. The Bertz CT molecular complexity index is 1240. The predicted octanol–water partition coefficient (Wildman–Crippen LogP) is 4.67. The number of halogens is 2. The summed E-state index contributed by atoms with van der Waals surface area (Å²) in [4.78, 5) is 15.1. The first-order valence-corrected chi connectivity index (χ1v) is 11.3. The van der Waals surface area contributed by atoms with Crippen LogP contribution in [0.2, 0.25) is 5.02 Å². The lowest BCUT2D eigenvalue weighted by atomic mass is 10.2. The number of amides is 1. The molecule has 0 atom stereocenters. The van der Waals surface area contributed by atoms with Crippen molar-refractivity contribution in [2.75, 3.05) is 17.1 Å². The molecule has 0 saturated carbocycles. The van der Waals surface area contributed by atoms with Gasteiger partial charge >= 0.3 is 0 Å². The molecular formula is C18H16BrClN4O4S. The molecule has 3 rings (SSSR count). The van der Waals surface area contributed by atoms with Gasteiger partial charge in [0.1, 0.15) is 6.54 Å². The fourth-order valence-corrected chi connectivity index (χ4v) is 4.01. The molecule has 8 nitrogen and oxygen atoms in total. The first kappa shape index (κ1) is 21.3. The average Bonchev–Trinajstić information content (AvgIpc) is 2.94. The minimum absolute atomic E-state index is 0.0823. The van der Waals surface area contributed by atoms with Gasteiger partial charge in [-0.3, -0.25) is 9.10 Å². The molecule has 0 aliphatic rings. The van der Waals surface area contributed by atoms with Crippen molar-refractivity contribution in [1.29, 1.82) is 0 Å². The van der Waals surface area contributed by atoms with Crippen LogP contribution >= 0.6 is 27.5 Å². The zero-order chi connectivity index (χ0) is 21.3. The van der Waals surface area contributed by atoms with Crippen molar-refractivity contribution in [1.82, 2.24) is 4.98 Å². The summed E-state index contributed by atoms with van der Waals surface area (Å²) in [6.07, 6.45) is 0.980. The third-order valence-electron chi connectivity index (χ3n) is 4.10. The van der Waals surface area contributed by atoms with E-state index in [1.54, 1.807) is 37.3 Å². The topological polar surface area (TPSA) is 115 Å². The van der Waals surface area contributed by atoms with Gasteiger partial charge in [0.05, 0.1) is 17.5 Å². The smallest absolute Gasteiger partial charge is 0.285 e. The van der Waals surface area contributed by atoms with Gasteiger partial charge in [-0.2, -0.15) is 0 Å². The van der Waals surface area contributed by atoms with Crippen LogP contribution in [0, 0.1) is 6.92 Å². The van der Waals surface area contributed by atoms with Crippen LogP contribution in [-0.2, 0) is 14.8 Å². The number of sulfonamides is 1. The lowest BCUT2D eigenvalue weighted by Crippen LogP contribution is -2.34.